The molecule has 0 unspecified atom stereocenters. The molecule has 1 saturated heterocycles. The molecule has 1 heterocycles. The molecule has 1 aliphatic carbocycles. The van der Waals surface area contributed by atoms with Crippen LogP contribution in [0.25, 0.3) is 0 Å². The normalized spacial score (nSPS) is 46.8. The van der Waals surface area contributed by atoms with Crippen LogP contribution >= 0.6 is 0 Å². The maximum atomic E-state index is 10.2. The molecule has 0 amide bonds. The fourth-order valence-electron chi connectivity index (χ4n) is 3.04. The fraction of sp³-hybridized carbons (Fsp3) is 0.800. The van der Waals surface area contributed by atoms with Crippen molar-refractivity contribution >= 4 is 0 Å². The summed E-state index contributed by atoms with van der Waals surface area (Å²) in [4.78, 5) is 0. The molecule has 25 heavy (non-hydrogen) atoms. The van der Waals surface area contributed by atoms with Gasteiger partial charge in [-0.15, -0.1) is 0 Å². The molecule has 10 nitrogen and oxygen atoms in total. The van der Waals surface area contributed by atoms with Gasteiger partial charge in [-0.3, -0.25) is 0 Å². The minimum Gasteiger partial charge on any atom is -0.394 e. The molecule has 142 valence electrons. The molecule has 10 heteroatoms. The highest BCUT2D eigenvalue weighted by Gasteiger charge is 2.47. The minimum atomic E-state index is -1.62. The highest BCUT2D eigenvalue weighted by atomic mass is 16.7. The Hall–Kier alpha value is -1.13. The number of aliphatic hydroxyl groups excluding tert-OH is 6. The van der Waals surface area contributed by atoms with Gasteiger partial charge in [-0.2, -0.15) is 5.26 Å². The lowest BCUT2D eigenvalue weighted by atomic mass is 9.84. The highest BCUT2D eigenvalue weighted by molar-refractivity contribution is 5.26. The number of aliphatic hydroxyl groups is 6. The Labute approximate surface area is 144 Å². The topological polar surface area (TPSA) is 173 Å². The van der Waals surface area contributed by atoms with Crippen molar-refractivity contribution in [3.63, 3.8) is 0 Å². The lowest BCUT2D eigenvalue weighted by Gasteiger charge is -2.43. The predicted octanol–water partition coefficient (Wildman–Crippen LogP) is -3.24. The van der Waals surface area contributed by atoms with Crippen molar-refractivity contribution < 1.29 is 44.8 Å². The Balaban J connectivity index is 2.20. The quantitative estimate of drug-likeness (QED) is 0.279. The first-order valence-corrected chi connectivity index (χ1v) is 7.80. The van der Waals surface area contributed by atoms with E-state index in [1.807, 2.05) is 0 Å². The van der Waals surface area contributed by atoms with Crippen molar-refractivity contribution in [3.05, 3.63) is 11.6 Å². The van der Waals surface area contributed by atoms with Crippen molar-refractivity contribution in [3.8, 4) is 6.07 Å². The van der Waals surface area contributed by atoms with Gasteiger partial charge in [0.1, 0.15) is 36.6 Å². The second kappa shape index (κ2) is 8.50. The molecule has 1 aliphatic heterocycles. The fourth-order valence-corrected chi connectivity index (χ4v) is 3.04. The van der Waals surface area contributed by atoms with Gasteiger partial charge in [0.15, 0.2) is 6.29 Å². The van der Waals surface area contributed by atoms with Gasteiger partial charge < -0.3 is 44.8 Å². The van der Waals surface area contributed by atoms with E-state index in [9.17, 15) is 30.6 Å². The number of hydrogen-bond donors (Lipinski definition) is 6. The van der Waals surface area contributed by atoms with Crippen LogP contribution in [0.15, 0.2) is 11.6 Å². The number of ether oxygens (including phenoxy) is 3. The van der Waals surface area contributed by atoms with E-state index >= 15 is 0 Å². The lowest BCUT2D eigenvalue weighted by Crippen LogP contribution is -2.60. The second-order valence-electron chi connectivity index (χ2n) is 6.04. The molecule has 6 N–H and O–H groups in total. The molecule has 1 saturated carbocycles. The zero-order chi connectivity index (χ0) is 18.7. The van der Waals surface area contributed by atoms with E-state index in [0.717, 1.165) is 6.08 Å². The molecular weight excluding hydrogens is 338 g/mol. The third-order valence-electron chi connectivity index (χ3n) is 4.54. The van der Waals surface area contributed by atoms with Crippen LogP contribution in [0.4, 0.5) is 0 Å². The van der Waals surface area contributed by atoms with Gasteiger partial charge in [0.25, 0.3) is 0 Å². The Morgan fingerprint density at radius 1 is 1.16 bits per heavy atom. The molecule has 2 rings (SSSR count). The molecule has 0 aromatic rings. The average Bonchev–Trinajstić information content (AvgIpc) is 2.61. The van der Waals surface area contributed by atoms with Crippen molar-refractivity contribution in [1.82, 2.24) is 0 Å². The lowest BCUT2D eigenvalue weighted by molar-refractivity contribution is -0.312. The van der Waals surface area contributed by atoms with Crippen LogP contribution in [0.5, 0.6) is 0 Å². The summed E-state index contributed by atoms with van der Waals surface area (Å²) in [7, 11) is 1.34. The Morgan fingerprint density at radius 3 is 2.40 bits per heavy atom. The van der Waals surface area contributed by atoms with Crippen LogP contribution in [0.3, 0.4) is 0 Å². The summed E-state index contributed by atoms with van der Waals surface area (Å²) in [6.45, 7) is -0.613. The van der Waals surface area contributed by atoms with Crippen LogP contribution < -0.4 is 0 Å². The van der Waals surface area contributed by atoms with Crippen molar-refractivity contribution in [2.24, 2.45) is 0 Å². The predicted molar refractivity (Wildman–Crippen MR) is 79.8 cm³/mol. The maximum Gasteiger partial charge on any atom is 0.187 e. The number of hydrogen-bond acceptors (Lipinski definition) is 10. The number of nitriles is 1. The summed E-state index contributed by atoms with van der Waals surface area (Å²) in [5, 5.41) is 67.9. The van der Waals surface area contributed by atoms with Crippen molar-refractivity contribution in [2.45, 2.75) is 61.5 Å². The smallest absolute Gasteiger partial charge is 0.187 e. The zero-order valence-corrected chi connectivity index (χ0v) is 13.5. The summed E-state index contributed by atoms with van der Waals surface area (Å²) in [6.07, 6.45) is -10.7. The van der Waals surface area contributed by atoms with E-state index in [0.29, 0.717) is 0 Å². The van der Waals surface area contributed by atoms with Crippen molar-refractivity contribution in [1.29, 1.82) is 5.26 Å². The molecule has 0 aromatic carbocycles. The van der Waals surface area contributed by atoms with E-state index in [4.69, 9.17) is 19.5 Å². The van der Waals surface area contributed by atoms with Gasteiger partial charge >= 0.3 is 0 Å². The van der Waals surface area contributed by atoms with Crippen LogP contribution in [0.1, 0.15) is 6.42 Å². The number of rotatable bonds is 4. The van der Waals surface area contributed by atoms with Gasteiger partial charge in [0, 0.05) is 25.2 Å². The first kappa shape index (κ1) is 20.2. The SMILES string of the molecule is CO[C@H]1C[C@@H](O[C@@H]2O[C@H](CO)[C@@H](O)[C@H](O)[C@H]2O)/C(=C/C#N)[C@H](O)[C@H]1O. The molecule has 2 fully saturated rings. The van der Waals surface area contributed by atoms with Gasteiger partial charge in [-0.05, 0) is 0 Å². The molecular formula is C15H23NO9. The summed E-state index contributed by atoms with van der Waals surface area (Å²) in [5.74, 6) is 0. The summed E-state index contributed by atoms with van der Waals surface area (Å²) in [6, 6.07) is 1.75. The summed E-state index contributed by atoms with van der Waals surface area (Å²) >= 11 is 0. The van der Waals surface area contributed by atoms with Gasteiger partial charge in [-0.1, -0.05) is 0 Å². The zero-order valence-electron chi connectivity index (χ0n) is 13.5. The Kier molecular flexibility index (Phi) is 6.86. The average molecular weight is 361 g/mol. The number of allylic oxidation sites excluding steroid dienone is 1. The third kappa shape index (κ3) is 4.01. The first-order valence-electron chi connectivity index (χ1n) is 7.80. The van der Waals surface area contributed by atoms with E-state index in [1.54, 1.807) is 6.07 Å². The van der Waals surface area contributed by atoms with Crippen LogP contribution in [-0.4, -0.2) is 99.5 Å². The molecule has 0 spiro atoms. The number of methoxy groups -OCH3 is 1. The van der Waals surface area contributed by atoms with Gasteiger partial charge in [0.2, 0.25) is 0 Å². The molecule has 0 radical (unpaired) electrons. The monoisotopic (exact) mass is 361 g/mol. The summed E-state index contributed by atoms with van der Waals surface area (Å²) in [5.41, 5.74) is 0.0697. The number of nitrogens with zero attached hydrogens (tertiary/aromatic N) is 1. The summed E-state index contributed by atoms with van der Waals surface area (Å²) < 4.78 is 15.9. The standard InChI is InChI=1S/C15H23NO9/c1-23-8-4-7(6(2-3-16)10(18)11(8)19)24-15-14(22)13(21)12(20)9(5-17)25-15/h2,7-15,17-22H,4-5H2,1H3/b6-2-/t7-,8+,9-,10+,11+,12-,13+,14-,15-/m1/s1. The van der Waals surface area contributed by atoms with E-state index in [1.165, 1.54) is 7.11 Å². The Bertz CT molecular complexity index is 520. The van der Waals surface area contributed by atoms with E-state index in [2.05, 4.69) is 0 Å². The van der Waals surface area contributed by atoms with Crippen LogP contribution in [0, 0.1) is 11.3 Å². The second-order valence-corrected chi connectivity index (χ2v) is 6.04. The van der Waals surface area contributed by atoms with Crippen LogP contribution in [0.2, 0.25) is 0 Å². The minimum absolute atomic E-state index is 0.0528. The Morgan fingerprint density at radius 2 is 1.84 bits per heavy atom. The van der Waals surface area contributed by atoms with Gasteiger partial charge in [-0.25, -0.2) is 0 Å². The van der Waals surface area contributed by atoms with Crippen LogP contribution in [-0.2, 0) is 14.2 Å². The van der Waals surface area contributed by atoms with E-state index < -0.39 is 61.7 Å². The third-order valence-corrected chi connectivity index (χ3v) is 4.54. The highest BCUT2D eigenvalue weighted by Crippen LogP contribution is 2.32. The first-order chi connectivity index (χ1) is 11.8. The maximum absolute atomic E-state index is 10.2. The molecule has 0 aromatic heterocycles. The molecule has 9 atom stereocenters. The molecule has 0 bridgehead atoms. The van der Waals surface area contributed by atoms with Crippen molar-refractivity contribution in [2.75, 3.05) is 13.7 Å². The largest absolute Gasteiger partial charge is 0.394 e. The van der Waals surface area contributed by atoms with E-state index in [-0.39, 0.29) is 12.0 Å². The molecule has 2 aliphatic rings. The van der Waals surface area contributed by atoms with Gasteiger partial charge in [0.05, 0.1) is 24.9 Å².